The van der Waals surface area contributed by atoms with E-state index < -0.39 is 0 Å². The summed E-state index contributed by atoms with van der Waals surface area (Å²) in [5.74, 6) is -0.0820. The summed E-state index contributed by atoms with van der Waals surface area (Å²) in [5.41, 5.74) is 6.41. The second-order valence-electron chi connectivity index (χ2n) is 4.02. The molecule has 0 spiro atoms. The summed E-state index contributed by atoms with van der Waals surface area (Å²) in [6.07, 6.45) is 2.03. The lowest BCUT2D eigenvalue weighted by atomic mass is 10.2. The quantitative estimate of drug-likeness (QED) is 0.756. The fraction of sp³-hybridized carbons (Fsp3) is 0.462. The van der Waals surface area contributed by atoms with Crippen molar-refractivity contribution in [2.75, 3.05) is 31.6 Å². The topological polar surface area (TPSA) is 58.4 Å². The Balaban J connectivity index is 0. The maximum atomic E-state index is 10.9. The highest BCUT2D eigenvalue weighted by Crippen LogP contribution is 2.11. The lowest BCUT2D eigenvalue weighted by Gasteiger charge is -2.19. The third kappa shape index (κ3) is 8.70. The summed E-state index contributed by atoms with van der Waals surface area (Å²) >= 11 is 0. The van der Waals surface area contributed by atoms with E-state index >= 15 is 0 Å². The highest BCUT2D eigenvalue weighted by molar-refractivity contribution is 5.85. The minimum atomic E-state index is -0.0820. The van der Waals surface area contributed by atoms with E-state index in [2.05, 4.69) is 29.4 Å². The Kier molecular flexibility index (Phi) is 12.9. The zero-order valence-corrected chi connectivity index (χ0v) is 12.8. The van der Waals surface area contributed by atoms with Gasteiger partial charge < -0.3 is 16.0 Å². The number of amides is 1. The number of carbonyl (C=O) groups is 1. The molecule has 0 aliphatic heterocycles. The van der Waals surface area contributed by atoms with Crippen LogP contribution in [0.1, 0.15) is 12.8 Å². The number of halogens is 2. The number of hydrogen-bond donors (Lipinski definition) is 2. The Hall–Kier alpha value is -0.970. The second-order valence-corrected chi connectivity index (χ2v) is 4.02. The summed E-state index contributed by atoms with van der Waals surface area (Å²) in [6.45, 7) is 1.77. The third-order valence-corrected chi connectivity index (χ3v) is 2.62. The van der Waals surface area contributed by atoms with Gasteiger partial charge in [0.15, 0.2) is 0 Å². The van der Waals surface area contributed by atoms with Crippen molar-refractivity contribution >= 4 is 36.4 Å². The monoisotopic (exact) mass is 307 g/mol. The minimum absolute atomic E-state index is 0. The van der Waals surface area contributed by atoms with Crippen molar-refractivity contribution in [3.63, 3.8) is 0 Å². The summed E-state index contributed by atoms with van der Waals surface area (Å²) in [7, 11) is 2.08. The number of rotatable bonds is 7. The molecule has 1 aromatic carbocycles. The molecule has 1 aromatic rings. The predicted molar refractivity (Wildman–Crippen MR) is 85.5 cm³/mol. The molecule has 0 atom stereocenters. The van der Waals surface area contributed by atoms with E-state index in [0.717, 1.165) is 19.4 Å². The Morgan fingerprint density at radius 1 is 1.21 bits per heavy atom. The number of nitrogens with zero attached hydrogens (tertiary/aromatic N) is 1. The molecule has 19 heavy (non-hydrogen) atoms. The number of hydrogen-bond acceptors (Lipinski definition) is 3. The maximum Gasteiger partial charge on any atom is 0.233 e. The first-order chi connectivity index (χ1) is 8.24. The Labute approximate surface area is 127 Å². The first-order valence-electron chi connectivity index (χ1n) is 5.97. The summed E-state index contributed by atoms with van der Waals surface area (Å²) in [5, 5.41) is 2.76. The van der Waals surface area contributed by atoms with Crippen LogP contribution in [-0.4, -0.2) is 32.6 Å². The SMILES string of the molecule is CN(CCCCNC(=O)CN)c1ccccc1.Cl.Cl. The molecular formula is C13H23Cl2N3O. The number of carbonyl (C=O) groups excluding carboxylic acids is 1. The average Bonchev–Trinajstić information content (AvgIpc) is 2.38. The molecule has 0 aliphatic rings. The van der Waals surface area contributed by atoms with E-state index in [1.54, 1.807) is 0 Å². The highest BCUT2D eigenvalue weighted by Gasteiger charge is 1.99. The molecule has 0 aliphatic carbocycles. The Morgan fingerprint density at radius 3 is 2.42 bits per heavy atom. The average molecular weight is 308 g/mol. The number of anilines is 1. The summed E-state index contributed by atoms with van der Waals surface area (Å²) in [4.78, 5) is 13.1. The molecule has 6 heteroatoms. The summed E-state index contributed by atoms with van der Waals surface area (Å²) in [6, 6.07) is 10.3. The van der Waals surface area contributed by atoms with Gasteiger partial charge in [0, 0.05) is 25.8 Å². The van der Waals surface area contributed by atoms with Gasteiger partial charge in [0.05, 0.1) is 6.54 Å². The van der Waals surface area contributed by atoms with Crippen molar-refractivity contribution in [1.82, 2.24) is 5.32 Å². The lowest BCUT2D eigenvalue weighted by Crippen LogP contribution is -2.31. The van der Waals surface area contributed by atoms with Gasteiger partial charge in [0.1, 0.15) is 0 Å². The molecule has 1 rings (SSSR count). The molecule has 0 saturated heterocycles. The fourth-order valence-electron chi connectivity index (χ4n) is 1.59. The van der Waals surface area contributed by atoms with Crippen LogP contribution < -0.4 is 16.0 Å². The van der Waals surface area contributed by atoms with Crippen molar-refractivity contribution in [1.29, 1.82) is 0 Å². The normalized spacial score (nSPS) is 8.95. The zero-order valence-electron chi connectivity index (χ0n) is 11.2. The molecule has 0 bridgehead atoms. The zero-order chi connectivity index (χ0) is 12.5. The van der Waals surface area contributed by atoms with Gasteiger partial charge in [-0.25, -0.2) is 0 Å². The van der Waals surface area contributed by atoms with E-state index in [4.69, 9.17) is 5.73 Å². The van der Waals surface area contributed by atoms with Crippen LogP contribution in [0, 0.1) is 0 Å². The van der Waals surface area contributed by atoms with Crippen LogP contribution in [0.15, 0.2) is 30.3 Å². The number of nitrogens with one attached hydrogen (secondary N) is 1. The van der Waals surface area contributed by atoms with Crippen molar-refractivity contribution in [2.45, 2.75) is 12.8 Å². The molecule has 0 saturated carbocycles. The molecule has 3 N–H and O–H groups in total. The van der Waals surface area contributed by atoms with Crippen molar-refractivity contribution < 1.29 is 4.79 Å². The van der Waals surface area contributed by atoms with Crippen LogP contribution in [0.2, 0.25) is 0 Å². The van der Waals surface area contributed by atoms with Gasteiger partial charge in [-0.15, -0.1) is 24.8 Å². The van der Waals surface area contributed by atoms with Crippen molar-refractivity contribution in [3.05, 3.63) is 30.3 Å². The molecular weight excluding hydrogens is 285 g/mol. The first kappa shape index (κ1) is 20.3. The van der Waals surface area contributed by atoms with Crippen molar-refractivity contribution in [3.8, 4) is 0 Å². The molecule has 4 nitrogen and oxygen atoms in total. The molecule has 0 fully saturated rings. The van der Waals surface area contributed by atoms with Crippen LogP contribution >= 0.6 is 24.8 Å². The van der Waals surface area contributed by atoms with Crippen LogP contribution in [0.5, 0.6) is 0 Å². The molecule has 0 unspecified atom stereocenters. The van der Waals surface area contributed by atoms with Crippen LogP contribution in [0.3, 0.4) is 0 Å². The second kappa shape index (κ2) is 12.1. The lowest BCUT2D eigenvalue weighted by molar-refractivity contribution is -0.119. The number of para-hydroxylation sites is 1. The van der Waals surface area contributed by atoms with Gasteiger partial charge in [-0.3, -0.25) is 4.79 Å². The smallest absolute Gasteiger partial charge is 0.233 e. The van der Waals surface area contributed by atoms with E-state index in [0.29, 0.717) is 6.54 Å². The maximum absolute atomic E-state index is 10.9. The predicted octanol–water partition coefficient (Wildman–Crippen LogP) is 1.82. The molecule has 1 amide bonds. The van der Waals surface area contributed by atoms with Gasteiger partial charge in [-0.05, 0) is 25.0 Å². The highest BCUT2D eigenvalue weighted by atomic mass is 35.5. The number of benzene rings is 1. The molecule has 0 aromatic heterocycles. The summed E-state index contributed by atoms with van der Waals surface area (Å²) < 4.78 is 0. The molecule has 0 radical (unpaired) electrons. The minimum Gasteiger partial charge on any atom is -0.375 e. The van der Waals surface area contributed by atoms with Gasteiger partial charge in [0.25, 0.3) is 0 Å². The third-order valence-electron chi connectivity index (χ3n) is 2.62. The van der Waals surface area contributed by atoms with Crippen LogP contribution in [0.4, 0.5) is 5.69 Å². The van der Waals surface area contributed by atoms with Gasteiger partial charge in [-0.2, -0.15) is 0 Å². The van der Waals surface area contributed by atoms with Crippen molar-refractivity contribution in [2.24, 2.45) is 5.73 Å². The van der Waals surface area contributed by atoms with E-state index in [-0.39, 0.29) is 37.3 Å². The first-order valence-corrected chi connectivity index (χ1v) is 5.97. The molecule has 0 heterocycles. The van der Waals surface area contributed by atoms with E-state index in [1.165, 1.54) is 5.69 Å². The number of unbranched alkanes of at least 4 members (excludes halogenated alkanes) is 1. The Morgan fingerprint density at radius 2 is 1.84 bits per heavy atom. The fourth-order valence-corrected chi connectivity index (χ4v) is 1.59. The van der Waals surface area contributed by atoms with Gasteiger partial charge in [-0.1, -0.05) is 18.2 Å². The Bertz CT molecular complexity index is 336. The van der Waals surface area contributed by atoms with E-state index in [9.17, 15) is 4.79 Å². The van der Waals surface area contributed by atoms with Gasteiger partial charge >= 0.3 is 0 Å². The van der Waals surface area contributed by atoms with Gasteiger partial charge in [0.2, 0.25) is 5.91 Å². The standard InChI is InChI=1S/C13H21N3O.2ClH/c1-16(12-7-3-2-4-8-12)10-6-5-9-15-13(17)11-14;;/h2-4,7-8H,5-6,9-11,14H2,1H3,(H,15,17);2*1H. The molecule has 110 valence electrons. The van der Waals surface area contributed by atoms with Crippen LogP contribution in [-0.2, 0) is 4.79 Å². The van der Waals surface area contributed by atoms with E-state index in [1.807, 2.05) is 18.2 Å². The largest absolute Gasteiger partial charge is 0.375 e. The van der Waals surface area contributed by atoms with Crippen LogP contribution in [0.25, 0.3) is 0 Å². The number of nitrogens with two attached hydrogens (primary N) is 1.